The molecule has 2 N–H and O–H groups in total. The van der Waals surface area contributed by atoms with Crippen LogP contribution in [-0.4, -0.2) is 40.4 Å². The van der Waals surface area contributed by atoms with Crippen molar-refractivity contribution in [1.29, 1.82) is 0 Å². The molecule has 0 saturated carbocycles. The second kappa shape index (κ2) is 6.51. The molecule has 1 unspecified atom stereocenters. The van der Waals surface area contributed by atoms with Crippen LogP contribution in [0.5, 0.6) is 0 Å². The fourth-order valence-corrected chi connectivity index (χ4v) is 1.70. The second-order valence-corrected chi connectivity index (χ2v) is 3.99. The van der Waals surface area contributed by atoms with E-state index in [9.17, 15) is 4.79 Å². The molecule has 0 bridgehead atoms. The average Bonchev–Trinajstić information content (AvgIpc) is 2.68. The number of hydrogen-bond acceptors (Lipinski definition) is 4. The number of carbonyl (C=O) groups excluding carboxylic acids is 1. The lowest BCUT2D eigenvalue weighted by atomic mass is 10.3. The minimum atomic E-state index is -0.429. The van der Waals surface area contributed by atoms with E-state index in [0.29, 0.717) is 17.7 Å². The molecule has 1 amide bonds. The van der Waals surface area contributed by atoms with Gasteiger partial charge < -0.3 is 14.6 Å². The molecule has 1 aromatic heterocycles. The number of aromatic nitrogens is 3. The maximum Gasteiger partial charge on any atom is 0.248 e. The van der Waals surface area contributed by atoms with E-state index in [1.807, 2.05) is 11.5 Å². The minimum absolute atomic E-state index is 0.121. The zero-order valence-corrected chi connectivity index (χ0v) is 11.1. The molecule has 96 valence electrons. The fraction of sp³-hybridized carbons (Fsp3) is 0.700. The summed E-state index contributed by atoms with van der Waals surface area (Å²) in [6.07, 6.45) is 0.213. The van der Waals surface area contributed by atoms with Gasteiger partial charge in [0.2, 0.25) is 5.91 Å². The lowest BCUT2D eigenvalue weighted by Gasteiger charge is -2.10. The molecule has 1 heterocycles. The van der Waals surface area contributed by atoms with Crippen molar-refractivity contribution in [2.45, 2.75) is 32.9 Å². The topological polar surface area (TPSA) is 71.9 Å². The summed E-state index contributed by atoms with van der Waals surface area (Å²) in [7, 11) is 1.51. The van der Waals surface area contributed by atoms with E-state index in [-0.39, 0.29) is 5.91 Å². The molecule has 0 saturated heterocycles. The lowest BCUT2D eigenvalue weighted by Crippen LogP contribution is -2.35. The first-order valence-electron chi connectivity index (χ1n) is 5.54. The molecule has 0 aromatic carbocycles. The number of nitrogens with one attached hydrogen (secondary N) is 2. The SMILES string of the molecule is CCn1c(CCNC(=O)C(C)OC)n[nH]c1=S. The van der Waals surface area contributed by atoms with Crippen LogP contribution in [0.3, 0.4) is 0 Å². The Morgan fingerprint density at radius 1 is 1.71 bits per heavy atom. The molecule has 1 atom stereocenters. The maximum atomic E-state index is 11.4. The van der Waals surface area contributed by atoms with Gasteiger partial charge in [-0.15, -0.1) is 0 Å². The van der Waals surface area contributed by atoms with E-state index >= 15 is 0 Å². The van der Waals surface area contributed by atoms with Gasteiger partial charge in [0.1, 0.15) is 11.9 Å². The van der Waals surface area contributed by atoms with Crippen molar-refractivity contribution in [1.82, 2.24) is 20.1 Å². The Morgan fingerprint density at radius 3 is 3.00 bits per heavy atom. The number of amides is 1. The van der Waals surface area contributed by atoms with Crippen molar-refractivity contribution >= 4 is 18.1 Å². The Labute approximate surface area is 105 Å². The number of methoxy groups -OCH3 is 1. The molecule has 1 aromatic rings. The Hall–Kier alpha value is -1.21. The van der Waals surface area contributed by atoms with Crippen LogP contribution in [-0.2, 0) is 22.5 Å². The van der Waals surface area contributed by atoms with Gasteiger partial charge in [-0.25, -0.2) is 0 Å². The van der Waals surface area contributed by atoms with Crippen LogP contribution >= 0.6 is 12.2 Å². The van der Waals surface area contributed by atoms with Crippen molar-refractivity contribution in [3.05, 3.63) is 10.6 Å². The van der Waals surface area contributed by atoms with E-state index in [2.05, 4.69) is 15.5 Å². The summed E-state index contributed by atoms with van der Waals surface area (Å²) in [5.74, 6) is 0.729. The Balaban J connectivity index is 2.46. The fourth-order valence-electron chi connectivity index (χ4n) is 1.42. The number of H-pyrrole nitrogens is 1. The molecule has 0 aliphatic heterocycles. The monoisotopic (exact) mass is 258 g/mol. The maximum absolute atomic E-state index is 11.4. The summed E-state index contributed by atoms with van der Waals surface area (Å²) in [5, 5.41) is 9.63. The third kappa shape index (κ3) is 3.64. The third-order valence-electron chi connectivity index (χ3n) is 2.52. The van der Waals surface area contributed by atoms with Gasteiger partial charge in [-0.3, -0.25) is 9.89 Å². The van der Waals surface area contributed by atoms with Gasteiger partial charge >= 0.3 is 0 Å². The minimum Gasteiger partial charge on any atom is -0.372 e. The van der Waals surface area contributed by atoms with Crippen LogP contribution in [0.15, 0.2) is 0 Å². The van der Waals surface area contributed by atoms with Crippen LogP contribution in [0.25, 0.3) is 0 Å². The van der Waals surface area contributed by atoms with Crippen molar-refractivity contribution in [3.63, 3.8) is 0 Å². The molecule has 0 aliphatic carbocycles. The normalized spacial score (nSPS) is 12.4. The molecule has 1 rings (SSSR count). The van der Waals surface area contributed by atoms with Crippen molar-refractivity contribution in [2.75, 3.05) is 13.7 Å². The molecular formula is C10H18N4O2S. The van der Waals surface area contributed by atoms with Gasteiger partial charge in [-0.1, -0.05) is 0 Å². The summed E-state index contributed by atoms with van der Waals surface area (Å²) in [6.45, 7) is 5.00. The molecule has 0 radical (unpaired) electrons. The first-order valence-corrected chi connectivity index (χ1v) is 5.95. The molecule has 17 heavy (non-hydrogen) atoms. The van der Waals surface area contributed by atoms with E-state index < -0.39 is 6.10 Å². The number of carbonyl (C=O) groups is 1. The quantitative estimate of drug-likeness (QED) is 0.735. The second-order valence-electron chi connectivity index (χ2n) is 3.61. The van der Waals surface area contributed by atoms with Gasteiger partial charge in [0, 0.05) is 26.6 Å². The van der Waals surface area contributed by atoms with Gasteiger partial charge in [0.15, 0.2) is 4.77 Å². The summed E-state index contributed by atoms with van der Waals surface area (Å²) in [6, 6.07) is 0. The highest BCUT2D eigenvalue weighted by Gasteiger charge is 2.11. The number of hydrogen-bond donors (Lipinski definition) is 2. The Bertz CT molecular complexity index is 426. The van der Waals surface area contributed by atoms with E-state index in [0.717, 1.165) is 12.4 Å². The van der Waals surface area contributed by atoms with Gasteiger partial charge in [0.05, 0.1) is 0 Å². The Morgan fingerprint density at radius 2 is 2.41 bits per heavy atom. The lowest BCUT2D eigenvalue weighted by molar-refractivity contribution is -0.129. The molecule has 0 spiro atoms. The van der Waals surface area contributed by atoms with Crippen LogP contribution < -0.4 is 5.32 Å². The van der Waals surface area contributed by atoms with Crippen LogP contribution in [0, 0.1) is 4.77 Å². The van der Waals surface area contributed by atoms with Crippen LogP contribution in [0.1, 0.15) is 19.7 Å². The number of nitrogens with zero attached hydrogens (tertiary/aromatic N) is 2. The largest absolute Gasteiger partial charge is 0.372 e. The summed E-state index contributed by atoms with van der Waals surface area (Å²) < 4.78 is 7.42. The van der Waals surface area contributed by atoms with E-state index in [1.54, 1.807) is 6.92 Å². The summed E-state index contributed by atoms with van der Waals surface area (Å²) in [4.78, 5) is 11.4. The van der Waals surface area contributed by atoms with Gasteiger partial charge in [-0.2, -0.15) is 5.10 Å². The Kier molecular flexibility index (Phi) is 5.30. The zero-order chi connectivity index (χ0) is 12.8. The van der Waals surface area contributed by atoms with Crippen LogP contribution in [0.2, 0.25) is 0 Å². The average molecular weight is 258 g/mol. The highest BCUT2D eigenvalue weighted by molar-refractivity contribution is 7.71. The van der Waals surface area contributed by atoms with Crippen molar-refractivity contribution < 1.29 is 9.53 Å². The highest BCUT2D eigenvalue weighted by Crippen LogP contribution is 1.98. The van der Waals surface area contributed by atoms with E-state index in [4.69, 9.17) is 17.0 Å². The first kappa shape index (κ1) is 13.9. The third-order valence-corrected chi connectivity index (χ3v) is 2.84. The molecule has 0 aliphatic rings. The van der Waals surface area contributed by atoms with Crippen molar-refractivity contribution in [3.8, 4) is 0 Å². The molecule has 0 fully saturated rings. The molecular weight excluding hydrogens is 240 g/mol. The number of ether oxygens (including phenoxy) is 1. The molecule has 6 nitrogen and oxygen atoms in total. The predicted octanol–water partition coefficient (Wildman–Crippen LogP) is 0.654. The summed E-state index contributed by atoms with van der Waals surface area (Å²) in [5.41, 5.74) is 0. The first-order chi connectivity index (χ1) is 8.10. The standard InChI is InChI=1S/C10H18N4O2S/c1-4-14-8(12-13-10(14)17)5-6-11-9(15)7(2)16-3/h7H,4-6H2,1-3H3,(H,11,15)(H,13,17). The van der Waals surface area contributed by atoms with Gasteiger partial charge in [-0.05, 0) is 26.1 Å². The number of aromatic amines is 1. The van der Waals surface area contributed by atoms with Crippen LogP contribution in [0.4, 0.5) is 0 Å². The predicted molar refractivity (Wildman–Crippen MR) is 66.3 cm³/mol. The number of rotatable bonds is 6. The van der Waals surface area contributed by atoms with Crippen molar-refractivity contribution in [2.24, 2.45) is 0 Å². The highest BCUT2D eigenvalue weighted by atomic mass is 32.1. The molecule has 7 heteroatoms. The van der Waals surface area contributed by atoms with E-state index in [1.165, 1.54) is 7.11 Å². The smallest absolute Gasteiger partial charge is 0.248 e. The summed E-state index contributed by atoms with van der Waals surface area (Å²) >= 11 is 5.07. The van der Waals surface area contributed by atoms with Gasteiger partial charge in [0.25, 0.3) is 0 Å². The zero-order valence-electron chi connectivity index (χ0n) is 10.3.